The molecule has 0 atom stereocenters. The third-order valence-electron chi connectivity index (χ3n) is 5.76. The van der Waals surface area contributed by atoms with Gasteiger partial charge < -0.3 is 19.7 Å². The van der Waals surface area contributed by atoms with Crippen molar-refractivity contribution in [1.29, 1.82) is 0 Å². The molecule has 156 valence electrons. The Hall–Kier alpha value is -1.96. The van der Waals surface area contributed by atoms with E-state index in [9.17, 15) is 9.59 Å². The van der Waals surface area contributed by atoms with Crippen molar-refractivity contribution in [3.05, 3.63) is 11.6 Å². The molecule has 0 bridgehead atoms. The molecule has 1 aromatic rings. The molecule has 3 rings (SSSR count). The monoisotopic (exact) mass is 390 g/mol. The lowest BCUT2D eigenvalue weighted by molar-refractivity contribution is -0.137. The van der Waals surface area contributed by atoms with Crippen molar-refractivity contribution < 1.29 is 9.59 Å². The summed E-state index contributed by atoms with van der Waals surface area (Å²) in [5.41, 5.74) is 0. The van der Waals surface area contributed by atoms with Crippen LogP contribution in [0.15, 0.2) is 0 Å². The van der Waals surface area contributed by atoms with Crippen LogP contribution >= 0.6 is 0 Å². The number of piperidine rings is 1. The predicted molar refractivity (Wildman–Crippen MR) is 107 cm³/mol. The van der Waals surface area contributed by atoms with Crippen molar-refractivity contribution in [2.45, 2.75) is 71.4 Å². The second-order valence-electron chi connectivity index (χ2n) is 7.84. The number of aromatic nitrogens is 3. The molecule has 1 aromatic heterocycles. The fraction of sp³-hybridized carbons (Fsp3) is 0.800. The van der Waals surface area contributed by atoms with Gasteiger partial charge in [0.2, 0.25) is 11.8 Å². The molecule has 1 saturated heterocycles. The van der Waals surface area contributed by atoms with E-state index >= 15 is 0 Å². The number of amides is 2. The average Bonchev–Trinajstić information content (AvgIpc) is 3.16. The molecule has 0 saturated carbocycles. The number of rotatable bonds is 8. The summed E-state index contributed by atoms with van der Waals surface area (Å²) in [7, 11) is 0. The molecule has 2 aliphatic heterocycles. The lowest BCUT2D eigenvalue weighted by Crippen LogP contribution is -2.39. The van der Waals surface area contributed by atoms with Crippen molar-refractivity contribution in [3.8, 4) is 0 Å². The highest BCUT2D eigenvalue weighted by molar-refractivity contribution is 5.83. The van der Waals surface area contributed by atoms with Crippen LogP contribution in [-0.4, -0.2) is 69.1 Å². The van der Waals surface area contributed by atoms with E-state index in [-0.39, 0.29) is 11.8 Å². The molecule has 2 aliphatic rings. The van der Waals surface area contributed by atoms with Crippen LogP contribution in [-0.2, 0) is 22.7 Å². The SMILES string of the molecule is CCCN(CCC)C(=O)CCC(=O)N1CCC(c2nnc3n2CCNC3)CC1. The molecule has 0 aromatic carbocycles. The van der Waals surface area contributed by atoms with E-state index in [1.807, 2.05) is 9.80 Å². The van der Waals surface area contributed by atoms with Crippen LogP contribution in [0.1, 0.15) is 69.9 Å². The molecular weight excluding hydrogens is 356 g/mol. The maximum Gasteiger partial charge on any atom is 0.223 e. The molecular formula is C20H34N6O2. The molecule has 3 heterocycles. The van der Waals surface area contributed by atoms with E-state index in [1.165, 1.54) is 0 Å². The summed E-state index contributed by atoms with van der Waals surface area (Å²) < 4.78 is 2.24. The standard InChI is InChI=1S/C20H34N6O2/c1-3-10-24(11-4-2)18(27)5-6-19(28)25-12-7-16(8-13-25)20-23-22-17-15-21-9-14-26(17)20/h16,21H,3-15H2,1-2H3. The smallest absolute Gasteiger partial charge is 0.223 e. The molecule has 0 aliphatic carbocycles. The van der Waals surface area contributed by atoms with Crippen LogP contribution in [0.25, 0.3) is 0 Å². The average molecular weight is 391 g/mol. The van der Waals surface area contributed by atoms with Gasteiger partial charge in [0, 0.05) is 58.0 Å². The quantitative estimate of drug-likeness (QED) is 0.728. The first kappa shape index (κ1) is 20.8. The van der Waals surface area contributed by atoms with E-state index in [4.69, 9.17) is 0 Å². The van der Waals surface area contributed by atoms with Gasteiger partial charge in [0.05, 0.1) is 6.54 Å². The Morgan fingerprint density at radius 2 is 1.79 bits per heavy atom. The molecule has 1 fully saturated rings. The molecule has 8 nitrogen and oxygen atoms in total. The van der Waals surface area contributed by atoms with E-state index in [1.54, 1.807) is 0 Å². The van der Waals surface area contributed by atoms with E-state index in [2.05, 4.69) is 33.9 Å². The van der Waals surface area contributed by atoms with Gasteiger partial charge >= 0.3 is 0 Å². The summed E-state index contributed by atoms with van der Waals surface area (Å²) in [6.07, 6.45) is 4.39. The van der Waals surface area contributed by atoms with E-state index in [0.717, 1.165) is 83.1 Å². The zero-order chi connectivity index (χ0) is 19.9. The normalized spacial score (nSPS) is 17.4. The number of nitrogens with zero attached hydrogens (tertiary/aromatic N) is 5. The van der Waals surface area contributed by atoms with Gasteiger partial charge in [-0.15, -0.1) is 10.2 Å². The van der Waals surface area contributed by atoms with Crippen molar-refractivity contribution in [1.82, 2.24) is 29.9 Å². The summed E-state index contributed by atoms with van der Waals surface area (Å²) in [4.78, 5) is 28.8. The fourth-order valence-electron chi connectivity index (χ4n) is 4.23. The maximum atomic E-state index is 12.6. The largest absolute Gasteiger partial charge is 0.343 e. The van der Waals surface area contributed by atoms with Gasteiger partial charge in [-0.25, -0.2) is 0 Å². The van der Waals surface area contributed by atoms with E-state index in [0.29, 0.717) is 18.8 Å². The van der Waals surface area contributed by atoms with Crippen molar-refractivity contribution in [2.75, 3.05) is 32.7 Å². The summed E-state index contributed by atoms with van der Waals surface area (Å²) in [6, 6.07) is 0. The van der Waals surface area contributed by atoms with Gasteiger partial charge in [0.15, 0.2) is 0 Å². The Morgan fingerprint density at radius 3 is 2.46 bits per heavy atom. The van der Waals surface area contributed by atoms with Gasteiger partial charge in [-0.3, -0.25) is 9.59 Å². The van der Waals surface area contributed by atoms with Gasteiger partial charge in [0.25, 0.3) is 0 Å². The first-order valence-electron chi connectivity index (χ1n) is 10.8. The fourth-order valence-corrected chi connectivity index (χ4v) is 4.23. The molecule has 0 unspecified atom stereocenters. The highest BCUT2D eigenvalue weighted by Crippen LogP contribution is 2.28. The minimum Gasteiger partial charge on any atom is -0.343 e. The van der Waals surface area contributed by atoms with Crippen LogP contribution in [0.5, 0.6) is 0 Å². The second kappa shape index (κ2) is 10.0. The number of nitrogens with one attached hydrogen (secondary N) is 1. The molecule has 8 heteroatoms. The van der Waals surface area contributed by atoms with Crippen LogP contribution in [0, 0.1) is 0 Å². The molecule has 1 N–H and O–H groups in total. The van der Waals surface area contributed by atoms with Gasteiger partial charge in [-0.1, -0.05) is 13.8 Å². The summed E-state index contributed by atoms with van der Waals surface area (Å²) in [5, 5.41) is 12.1. The van der Waals surface area contributed by atoms with Crippen LogP contribution < -0.4 is 5.32 Å². The third-order valence-corrected chi connectivity index (χ3v) is 5.76. The minimum absolute atomic E-state index is 0.104. The topological polar surface area (TPSA) is 83.4 Å². The first-order chi connectivity index (χ1) is 13.6. The Bertz CT molecular complexity index is 660. The number of hydrogen-bond donors (Lipinski definition) is 1. The summed E-state index contributed by atoms with van der Waals surface area (Å²) >= 11 is 0. The summed E-state index contributed by atoms with van der Waals surface area (Å²) in [5.74, 6) is 2.67. The number of carbonyl (C=O) groups is 2. The van der Waals surface area contributed by atoms with Crippen LogP contribution in [0.4, 0.5) is 0 Å². The minimum atomic E-state index is 0.104. The van der Waals surface area contributed by atoms with Crippen molar-refractivity contribution >= 4 is 11.8 Å². The van der Waals surface area contributed by atoms with Crippen LogP contribution in [0.2, 0.25) is 0 Å². The number of fused-ring (bicyclic) bond motifs is 1. The lowest BCUT2D eigenvalue weighted by atomic mass is 9.95. The Kier molecular flexibility index (Phi) is 7.42. The first-order valence-corrected chi connectivity index (χ1v) is 10.8. The molecule has 0 spiro atoms. The highest BCUT2D eigenvalue weighted by Gasteiger charge is 2.29. The number of carbonyl (C=O) groups excluding carboxylic acids is 2. The van der Waals surface area contributed by atoms with E-state index < -0.39 is 0 Å². The summed E-state index contributed by atoms with van der Waals surface area (Å²) in [6.45, 7) is 9.86. The number of likely N-dealkylation sites (tertiary alicyclic amines) is 1. The zero-order valence-corrected chi connectivity index (χ0v) is 17.3. The predicted octanol–water partition coefficient (Wildman–Crippen LogP) is 1.52. The van der Waals surface area contributed by atoms with Gasteiger partial charge in [-0.2, -0.15) is 0 Å². The zero-order valence-electron chi connectivity index (χ0n) is 17.3. The van der Waals surface area contributed by atoms with Crippen molar-refractivity contribution in [2.24, 2.45) is 0 Å². The second-order valence-corrected chi connectivity index (χ2v) is 7.84. The Labute approximate surface area is 167 Å². The van der Waals surface area contributed by atoms with Gasteiger partial charge in [-0.05, 0) is 25.7 Å². The Balaban J connectivity index is 1.46. The van der Waals surface area contributed by atoms with Gasteiger partial charge in [0.1, 0.15) is 11.6 Å². The highest BCUT2D eigenvalue weighted by atomic mass is 16.2. The Morgan fingerprint density at radius 1 is 1.07 bits per heavy atom. The number of hydrogen-bond acceptors (Lipinski definition) is 5. The molecule has 2 amide bonds. The maximum absolute atomic E-state index is 12.6. The third kappa shape index (κ3) is 4.90. The molecule has 0 radical (unpaired) electrons. The van der Waals surface area contributed by atoms with Crippen molar-refractivity contribution in [3.63, 3.8) is 0 Å². The lowest BCUT2D eigenvalue weighted by Gasteiger charge is -2.32. The van der Waals surface area contributed by atoms with Crippen LogP contribution in [0.3, 0.4) is 0 Å². The molecule has 28 heavy (non-hydrogen) atoms.